The molecular formula is C20H28N6O. The number of hydrogen-bond donors (Lipinski definition) is 2. The topological polar surface area (TPSA) is 84.9 Å². The average Bonchev–Trinajstić information content (AvgIpc) is 3.53. The number of ether oxygens (including phenoxy) is 1. The van der Waals surface area contributed by atoms with Crippen molar-refractivity contribution in [1.82, 2.24) is 19.9 Å². The molecule has 2 heterocycles. The van der Waals surface area contributed by atoms with E-state index < -0.39 is 0 Å². The monoisotopic (exact) mass is 368 g/mol. The van der Waals surface area contributed by atoms with Crippen LogP contribution in [0.1, 0.15) is 44.2 Å². The van der Waals surface area contributed by atoms with Gasteiger partial charge in [-0.25, -0.2) is 19.9 Å². The Morgan fingerprint density at radius 1 is 1.04 bits per heavy atom. The highest BCUT2D eigenvalue weighted by molar-refractivity contribution is 5.63. The van der Waals surface area contributed by atoms with Crippen molar-refractivity contribution >= 4 is 11.9 Å². The maximum atomic E-state index is 5.46. The van der Waals surface area contributed by atoms with Crippen molar-refractivity contribution in [2.24, 2.45) is 5.92 Å². The van der Waals surface area contributed by atoms with E-state index in [2.05, 4.69) is 20.6 Å². The van der Waals surface area contributed by atoms with E-state index in [9.17, 15) is 0 Å². The van der Waals surface area contributed by atoms with Gasteiger partial charge in [-0.2, -0.15) is 0 Å². The lowest BCUT2D eigenvalue weighted by atomic mass is 9.93. The Kier molecular flexibility index (Phi) is 5.48. The summed E-state index contributed by atoms with van der Waals surface area (Å²) in [7, 11) is 3.65. The van der Waals surface area contributed by atoms with Crippen LogP contribution in [0.15, 0.2) is 18.5 Å². The van der Waals surface area contributed by atoms with Crippen molar-refractivity contribution in [2.45, 2.75) is 57.1 Å². The number of anilines is 2. The van der Waals surface area contributed by atoms with Crippen LogP contribution in [-0.2, 0) is 11.2 Å². The molecule has 144 valence electrons. The third kappa shape index (κ3) is 4.53. The smallest absolute Gasteiger partial charge is 0.223 e. The summed E-state index contributed by atoms with van der Waals surface area (Å²) in [5.74, 6) is 2.10. The van der Waals surface area contributed by atoms with Gasteiger partial charge < -0.3 is 15.4 Å². The highest BCUT2D eigenvalue weighted by Crippen LogP contribution is 2.35. The molecule has 0 aromatic carbocycles. The van der Waals surface area contributed by atoms with Crippen LogP contribution in [0.5, 0.6) is 0 Å². The molecule has 4 rings (SSSR count). The van der Waals surface area contributed by atoms with Gasteiger partial charge in [0.05, 0.1) is 17.5 Å². The van der Waals surface area contributed by atoms with Gasteiger partial charge in [-0.3, -0.25) is 0 Å². The largest absolute Gasteiger partial charge is 0.381 e. The van der Waals surface area contributed by atoms with Crippen LogP contribution in [0, 0.1) is 5.92 Å². The van der Waals surface area contributed by atoms with Crippen LogP contribution in [0.2, 0.25) is 0 Å². The molecule has 2 saturated carbocycles. The first kappa shape index (κ1) is 18.1. The van der Waals surface area contributed by atoms with Crippen LogP contribution < -0.4 is 10.6 Å². The Morgan fingerprint density at radius 2 is 1.85 bits per heavy atom. The van der Waals surface area contributed by atoms with Gasteiger partial charge in [0, 0.05) is 38.2 Å². The zero-order chi connectivity index (χ0) is 18.6. The molecular weight excluding hydrogens is 340 g/mol. The second-order valence-electron chi connectivity index (χ2n) is 7.57. The molecule has 0 unspecified atom stereocenters. The van der Waals surface area contributed by atoms with Gasteiger partial charge >= 0.3 is 0 Å². The fraction of sp³-hybridized carbons (Fsp3) is 0.600. The minimum atomic E-state index is 0.392. The zero-order valence-corrected chi connectivity index (χ0v) is 16.1. The van der Waals surface area contributed by atoms with Crippen molar-refractivity contribution in [3.63, 3.8) is 0 Å². The van der Waals surface area contributed by atoms with Crippen molar-refractivity contribution in [2.75, 3.05) is 24.8 Å². The van der Waals surface area contributed by atoms with Crippen LogP contribution >= 0.6 is 0 Å². The van der Waals surface area contributed by atoms with E-state index in [1.54, 1.807) is 7.11 Å². The maximum Gasteiger partial charge on any atom is 0.223 e. The van der Waals surface area contributed by atoms with Gasteiger partial charge in [0.1, 0.15) is 0 Å². The van der Waals surface area contributed by atoms with Crippen LogP contribution in [0.4, 0.5) is 11.9 Å². The molecule has 0 aliphatic heterocycles. The summed E-state index contributed by atoms with van der Waals surface area (Å²) < 4.78 is 5.46. The van der Waals surface area contributed by atoms with Crippen molar-refractivity contribution in [3.8, 4) is 11.3 Å². The molecule has 2 aliphatic rings. The number of nitrogens with one attached hydrogen (secondary N) is 2. The van der Waals surface area contributed by atoms with Gasteiger partial charge in [-0.05, 0) is 56.9 Å². The fourth-order valence-electron chi connectivity index (χ4n) is 3.71. The molecule has 0 radical (unpaired) electrons. The predicted octanol–water partition coefficient (Wildman–Crippen LogP) is 3.30. The standard InChI is InChI=1S/C20H28N6O/c1-21-19-23-12-16(18(26-19)11-13-3-4-13)17-9-10-22-20(25-17)24-14-5-7-15(27-2)8-6-14/h9-10,12-15H,3-8,11H2,1-2H3,(H,21,23,26)(H,22,24,25)/t14-,15-. The molecule has 2 fully saturated rings. The summed E-state index contributed by atoms with van der Waals surface area (Å²) in [5, 5.41) is 6.54. The molecule has 0 atom stereocenters. The lowest BCUT2D eigenvalue weighted by molar-refractivity contribution is 0.0681. The Bertz CT molecular complexity index is 771. The molecule has 0 bridgehead atoms. The van der Waals surface area contributed by atoms with Crippen LogP contribution in [-0.4, -0.2) is 46.2 Å². The molecule has 0 saturated heterocycles. The normalized spacial score (nSPS) is 22.4. The van der Waals surface area contributed by atoms with Gasteiger partial charge in [0.15, 0.2) is 0 Å². The number of hydrogen-bond acceptors (Lipinski definition) is 7. The third-order valence-corrected chi connectivity index (χ3v) is 5.54. The van der Waals surface area contributed by atoms with E-state index in [1.807, 2.05) is 25.5 Å². The summed E-state index contributed by atoms with van der Waals surface area (Å²) in [5.41, 5.74) is 2.97. The fourth-order valence-corrected chi connectivity index (χ4v) is 3.71. The first-order valence-corrected chi connectivity index (χ1v) is 9.91. The molecule has 27 heavy (non-hydrogen) atoms. The van der Waals surface area contributed by atoms with E-state index in [-0.39, 0.29) is 0 Å². The first-order valence-electron chi connectivity index (χ1n) is 9.91. The summed E-state index contributed by atoms with van der Waals surface area (Å²) in [6.07, 6.45) is 12.0. The number of aromatic nitrogens is 4. The van der Waals surface area contributed by atoms with Gasteiger partial charge in [0.2, 0.25) is 11.9 Å². The predicted molar refractivity (Wildman–Crippen MR) is 106 cm³/mol. The highest BCUT2D eigenvalue weighted by Gasteiger charge is 2.25. The third-order valence-electron chi connectivity index (χ3n) is 5.54. The van der Waals surface area contributed by atoms with Crippen LogP contribution in [0.3, 0.4) is 0 Å². The van der Waals surface area contributed by atoms with Gasteiger partial charge in [-0.15, -0.1) is 0 Å². The highest BCUT2D eigenvalue weighted by atomic mass is 16.5. The van der Waals surface area contributed by atoms with E-state index in [4.69, 9.17) is 14.7 Å². The van der Waals surface area contributed by atoms with Crippen molar-refractivity contribution in [1.29, 1.82) is 0 Å². The molecule has 0 amide bonds. The summed E-state index contributed by atoms with van der Waals surface area (Å²) >= 11 is 0. The molecule has 2 N–H and O–H groups in total. The average molecular weight is 368 g/mol. The number of rotatable bonds is 7. The van der Waals surface area contributed by atoms with E-state index in [0.29, 0.717) is 24.0 Å². The van der Waals surface area contributed by atoms with Gasteiger partial charge in [0.25, 0.3) is 0 Å². The van der Waals surface area contributed by atoms with E-state index in [1.165, 1.54) is 12.8 Å². The Labute approximate surface area is 160 Å². The molecule has 2 aromatic heterocycles. The lowest BCUT2D eigenvalue weighted by Crippen LogP contribution is -2.29. The Morgan fingerprint density at radius 3 is 2.56 bits per heavy atom. The minimum absolute atomic E-state index is 0.392. The Hall–Kier alpha value is -2.28. The van der Waals surface area contributed by atoms with E-state index >= 15 is 0 Å². The van der Waals surface area contributed by atoms with Gasteiger partial charge in [-0.1, -0.05) is 0 Å². The summed E-state index contributed by atoms with van der Waals surface area (Å²) in [6, 6.07) is 2.35. The first-order chi connectivity index (χ1) is 13.2. The maximum absolute atomic E-state index is 5.46. The summed E-state index contributed by atoms with van der Waals surface area (Å²) in [4.78, 5) is 18.3. The minimum Gasteiger partial charge on any atom is -0.381 e. The lowest BCUT2D eigenvalue weighted by Gasteiger charge is -2.28. The molecule has 2 aromatic rings. The number of nitrogens with zero attached hydrogens (tertiary/aromatic N) is 4. The molecule has 7 heteroatoms. The van der Waals surface area contributed by atoms with E-state index in [0.717, 1.165) is 55.0 Å². The Balaban J connectivity index is 1.52. The van der Waals surface area contributed by atoms with Crippen molar-refractivity contribution < 1.29 is 4.74 Å². The molecule has 7 nitrogen and oxygen atoms in total. The molecule has 0 spiro atoms. The zero-order valence-electron chi connectivity index (χ0n) is 16.1. The second-order valence-corrected chi connectivity index (χ2v) is 7.57. The number of methoxy groups -OCH3 is 1. The quantitative estimate of drug-likeness (QED) is 0.775. The second kappa shape index (κ2) is 8.17. The summed E-state index contributed by atoms with van der Waals surface area (Å²) in [6.45, 7) is 0. The van der Waals surface area contributed by atoms with Crippen molar-refractivity contribution in [3.05, 3.63) is 24.2 Å². The van der Waals surface area contributed by atoms with Crippen LogP contribution in [0.25, 0.3) is 11.3 Å². The SMILES string of the molecule is CNc1ncc(-c2ccnc(N[C@H]3CC[C@H](OC)CC3)n2)c(CC2CC2)n1. The molecule has 2 aliphatic carbocycles.